The first kappa shape index (κ1) is 31.6. The molecular weight excluding hydrogens is 483 g/mol. The lowest BCUT2D eigenvalue weighted by atomic mass is 9.74. The Morgan fingerprint density at radius 2 is 1.28 bits per heavy atom. The SMILES string of the molecule is CC(=O)OOP(=O)(Oc1ccccc1)Oc1ccccc1.COCC(CCC(C)C)(COC)C(C)C. The summed E-state index contributed by atoms with van der Waals surface area (Å²) in [5, 5.41) is 0. The number of phosphoric acid groups is 1. The minimum absolute atomic E-state index is 0.188. The fourth-order valence-electron chi connectivity index (χ4n) is 3.33. The molecule has 0 heterocycles. The van der Waals surface area contributed by atoms with Gasteiger partial charge in [-0.2, -0.15) is 0 Å². The second-order valence-corrected chi connectivity index (χ2v) is 10.6. The Balaban J connectivity index is 0.000000384. The zero-order valence-corrected chi connectivity index (χ0v) is 23.4. The van der Waals surface area contributed by atoms with Crippen molar-refractivity contribution in [2.45, 2.75) is 47.5 Å². The lowest BCUT2D eigenvalue weighted by molar-refractivity contribution is -0.218. The van der Waals surface area contributed by atoms with Gasteiger partial charge in [0.05, 0.1) is 13.2 Å². The standard InChI is InChI=1S/C14H13O6P.C13H28O2/c1-12(15)17-20-21(16,18-13-8-4-2-5-9-13)19-14-10-6-3-7-11-14;1-11(2)7-8-13(9-14-5,10-15-6)12(3)4/h2-11H,1H3;11-12H,7-10H2,1-6H3. The molecule has 0 aromatic heterocycles. The van der Waals surface area contributed by atoms with Crippen molar-refractivity contribution in [1.82, 2.24) is 0 Å². The molecule has 2 aromatic rings. The maximum absolute atomic E-state index is 12.5. The van der Waals surface area contributed by atoms with E-state index in [1.807, 2.05) is 0 Å². The first-order valence-corrected chi connectivity index (χ1v) is 13.5. The summed E-state index contributed by atoms with van der Waals surface area (Å²) in [5.74, 6) is 1.07. The van der Waals surface area contributed by atoms with E-state index in [1.165, 1.54) is 12.8 Å². The quantitative estimate of drug-likeness (QED) is 0.147. The van der Waals surface area contributed by atoms with Crippen molar-refractivity contribution in [3.8, 4) is 11.5 Å². The molecule has 0 N–H and O–H groups in total. The Hall–Kier alpha value is -2.38. The lowest BCUT2D eigenvalue weighted by Gasteiger charge is -2.37. The van der Waals surface area contributed by atoms with Crippen molar-refractivity contribution in [2.75, 3.05) is 27.4 Å². The molecule has 0 saturated heterocycles. The molecule has 0 spiro atoms. The molecule has 0 atom stereocenters. The summed E-state index contributed by atoms with van der Waals surface area (Å²) in [6, 6.07) is 16.6. The third-order valence-corrected chi connectivity index (χ3v) is 6.60. The number of ether oxygens (including phenoxy) is 2. The number of para-hydroxylation sites is 2. The molecule has 0 aliphatic carbocycles. The van der Waals surface area contributed by atoms with Gasteiger partial charge in [-0.15, -0.1) is 0 Å². The van der Waals surface area contributed by atoms with E-state index in [9.17, 15) is 9.36 Å². The van der Waals surface area contributed by atoms with Crippen molar-refractivity contribution < 1.29 is 37.4 Å². The lowest BCUT2D eigenvalue weighted by Crippen LogP contribution is -2.37. The van der Waals surface area contributed by atoms with Crippen LogP contribution in [0.25, 0.3) is 0 Å². The molecule has 0 aliphatic rings. The molecule has 0 saturated carbocycles. The third kappa shape index (κ3) is 12.0. The number of carbonyl (C=O) groups is 1. The van der Waals surface area contributed by atoms with Gasteiger partial charge in [0, 0.05) is 26.6 Å². The summed E-state index contributed by atoms with van der Waals surface area (Å²) in [5.41, 5.74) is 0.188. The number of hydrogen-bond donors (Lipinski definition) is 0. The maximum Gasteiger partial charge on any atom is 0.625 e. The largest absolute Gasteiger partial charge is 0.625 e. The predicted octanol–water partition coefficient (Wildman–Crippen LogP) is 7.11. The molecule has 0 fully saturated rings. The minimum atomic E-state index is -4.16. The van der Waals surface area contributed by atoms with E-state index in [2.05, 4.69) is 37.3 Å². The third-order valence-electron chi connectivity index (χ3n) is 5.47. The monoisotopic (exact) mass is 524 g/mol. The highest BCUT2D eigenvalue weighted by molar-refractivity contribution is 7.49. The molecule has 9 heteroatoms. The molecule has 0 aliphatic heterocycles. The minimum Gasteiger partial charge on any atom is -0.393 e. The number of methoxy groups -OCH3 is 2. The van der Waals surface area contributed by atoms with E-state index < -0.39 is 13.8 Å². The van der Waals surface area contributed by atoms with Crippen LogP contribution in [0.2, 0.25) is 0 Å². The van der Waals surface area contributed by atoms with Crippen molar-refractivity contribution in [3.63, 3.8) is 0 Å². The summed E-state index contributed by atoms with van der Waals surface area (Å²) in [6.45, 7) is 11.8. The first-order valence-electron chi connectivity index (χ1n) is 12.0. The zero-order chi connectivity index (χ0) is 27.0. The van der Waals surface area contributed by atoms with Crippen LogP contribution in [0.5, 0.6) is 11.5 Å². The van der Waals surface area contributed by atoms with Crippen LogP contribution >= 0.6 is 7.82 Å². The molecule has 2 aromatic carbocycles. The molecule has 2 rings (SSSR count). The smallest absolute Gasteiger partial charge is 0.393 e. The Kier molecular flexibility index (Phi) is 14.4. The van der Waals surface area contributed by atoms with Crippen LogP contribution in [0.3, 0.4) is 0 Å². The van der Waals surface area contributed by atoms with Gasteiger partial charge in [-0.3, -0.25) is 4.89 Å². The van der Waals surface area contributed by atoms with Gasteiger partial charge in [0.15, 0.2) is 0 Å². The van der Waals surface area contributed by atoms with Crippen LogP contribution in [-0.2, 0) is 28.4 Å². The molecule has 0 unspecified atom stereocenters. The normalized spacial score (nSPS) is 11.6. The highest BCUT2D eigenvalue weighted by Gasteiger charge is 2.35. The van der Waals surface area contributed by atoms with Gasteiger partial charge >= 0.3 is 13.8 Å². The van der Waals surface area contributed by atoms with E-state index in [0.717, 1.165) is 26.1 Å². The van der Waals surface area contributed by atoms with Crippen LogP contribution in [0.15, 0.2) is 60.7 Å². The van der Waals surface area contributed by atoms with Crippen LogP contribution < -0.4 is 9.05 Å². The molecule has 0 radical (unpaired) electrons. The Morgan fingerprint density at radius 1 is 0.833 bits per heavy atom. The van der Waals surface area contributed by atoms with E-state index >= 15 is 0 Å². The maximum atomic E-state index is 12.5. The zero-order valence-electron chi connectivity index (χ0n) is 22.5. The van der Waals surface area contributed by atoms with Gasteiger partial charge in [-0.05, 0) is 42.5 Å². The first-order chi connectivity index (χ1) is 17.1. The molecule has 8 nitrogen and oxygen atoms in total. The fourth-order valence-corrected chi connectivity index (χ4v) is 4.38. The average molecular weight is 525 g/mol. The summed E-state index contributed by atoms with van der Waals surface area (Å²) in [4.78, 5) is 15.1. The average Bonchev–Trinajstić information content (AvgIpc) is 2.83. The molecule has 36 heavy (non-hydrogen) atoms. The summed E-state index contributed by atoms with van der Waals surface area (Å²) in [7, 11) is -0.600. The fraction of sp³-hybridized carbons (Fsp3) is 0.519. The van der Waals surface area contributed by atoms with Crippen LogP contribution in [-0.4, -0.2) is 33.4 Å². The van der Waals surface area contributed by atoms with Gasteiger partial charge in [-0.25, -0.2) is 9.36 Å². The summed E-state index contributed by atoms with van der Waals surface area (Å²) >= 11 is 0. The van der Waals surface area contributed by atoms with Crippen LogP contribution in [0.1, 0.15) is 47.5 Å². The van der Waals surface area contributed by atoms with Crippen molar-refractivity contribution in [1.29, 1.82) is 0 Å². The Morgan fingerprint density at radius 3 is 1.61 bits per heavy atom. The van der Waals surface area contributed by atoms with Crippen LogP contribution in [0, 0.1) is 17.3 Å². The number of phosphoric ester groups is 1. The molecule has 202 valence electrons. The van der Waals surface area contributed by atoms with Gasteiger partial charge in [-0.1, -0.05) is 75.2 Å². The molecule has 0 amide bonds. The van der Waals surface area contributed by atoms with E-state index in [1.54, 1.807) is 74.9 Å². The second kappa shape index (κ2) is 16.4. The number of carbonyl (C=O) groups excluding carboxylic acids is 1. The van der Waals surface area contributed by atoms with E-state index in [4.69, 9.17) is 18.5 Å². The predicted molar refractivity (Wildman–Crippen MR) is 140 cm³/mol. The van der Waals surface area contributed by atoms with Gasteiger partial charge in [0.1, 0.15) is 11.5 Å². The Bertz CT molecular complexity index is 851. The summed E-state index contributed by atoms with van der Waals surface area (Å²) < 4.78 is 38.2. The van der Waals surface area contributed by atoms with Crippen LogP contribution in [0.4, 0.5) is 0 Å². The number of benzene rings is 2. The van der Waals surface area contributed by atoms with Crippen molar-refractivity contribution in [2.24, 2.45) is 17.3 Å². The van der Waals surface area contributed by atoms with Gasteiger partial charge in [0.2, 0.25) is 0 Å². The highest BCUT2D eigenvalue weighted by Crippen LogP contribution is 2.49. The summed E-state index contributed by atoms with van der Waals surface area (Å²) in [6.07, 6.45) is 2.43. The Labute approximate surface area is 215 Å². The topological polar surface area (TPSA) is 89.5 Å². The van der Waals surface area contributed by atoms with E-state index in [0.29, 0.717) is 5.92 Å². The van der Waals surface area contributed by atoms with Gasteiger partial charge in [0.25, 0.3) is 0 Å². The van der Waals surface area contributed by atoms with Crippen molar-refractivity contribution >= 4 is 13.8 Å². The number of hydrogen-bond acceptors (Lipinski definition) is 8. The van der Waals surface area contributed by atoms with Crippen molar-refractivity contribution in [3.05, 3.63) is 60.7 Å². The highest BCUT2D eigenvalue weighted by atomic mass is 31.2. The van der Waals surface area contributed by atoms with E-state index in [-0.39, 0.29) is 16.9 Å². The van der Waals surface area contributed by atoms with Gasteiger partial charge < -0.3 is 18.5 Å². The molecular formula is C27H41O8P. The number of rotatable bonds is 14. The molecule has 0 bridgehead atoms. The second-order valence-electron chi connectivity index (χ2n) is 9.22.